The van der Waals surface area contributed by atoms with Crippen LogP contribution in [-0.4, -0.2) is 40.4 Å². The number of carbonyl (C=O) groups is 2. The summed E-state index contributed by atoms with van der Waals surface area (Å²) in [5, 5.41) is 11.8. The van der Waals surface area contributed by atoms with Crippen LogP contribution in [0.5, 0.6) is 11.5 Å². The molecule has 0 aliphatic carbocycles. The van der Waals surface area contributed by atoms with Crippen molar-refractivity contribution in [1.82, 2.24) is 9.88 Å². The molecule has 1 unspecified atom stereocenters. The molecule has 1 aliphatic rings. The molecular weight excluding hydrogens is 480 g/mol. The van der Waals surface area contributed by atoms with Crippen molar-refractivity contribution in [2.45, 2.75) is 26.4 Å². The molecule has 3 aromatic rings. The van der Waals surface area contributed by atoms with Crippen LogP contribution in [0.4, 0.5) is 0 Å². The van der Waals surface area contributed by atoms with E-state index in [2.05, 4.69) is 4.98 Å². The SMILES string of the molecule is COc1ccc(Cl)cc1/C(O)=C1\C(=O)C(=O)N(Cc2cccnc2)C1c1cccc(OCC(C)C)c1. The number of ether oxygens (including phenoxy) is 2. The van der Waals surface area contributed by atoms with Crippen molar-refractivity contribution >= 4 is 29.1 Å². The van der Waals surface area contributed by atoms with Gasteiger partial charge in [-0.1, -0.05) is 43.6 Å². The molecule has 1 saturated heterocycles. The molecule has 0 radical (unpaired) electrons. The maximum absolute atomic E-state index is 13.4. The smallest absolute Gasteiger partial charge is 0.295 e. The third-order valence-electron chi connectivity index (χ3n) is 5.79. The van der Waals surface area contributed by atoms with Crippen LogP contribution in [0.2, 0.25) is 5.02 Å². The number of hydrogen-bond acceptors (Lipinski definition) is 6. The van der Waals surface area contributed by atoms with Crippen LogP contribution in [0.1, 0.15) is 36.6 Å². The number of ketones is 1. The van der Waals surface area contributed by atoms with Gasteiger partial charge >= 0.3 is 0 Å². The van der Waals surface area contributed by atoms with E-state index in [1.54, 1.807) is 48.8 Å². The molecule has 0 bridgehead atoms. The molecule has 8 heteroatoms. The van der Waals surface area contributed by atoms with E-state index in [9.17, 15) is 14.7 Å². The van der Waals surface area contributed by atoms with Gasteiger partial charge in [0.15, 0.2) is 0 Å². The molecule has 4 rings (SSSR count). The number of halogens is 1. The summed E-state index contributed by atoms with van der Waals surface area (Å²) in [5.41, 5.74) is 1.55. The van der Waals surface area contributed by atoms with Crippen molar-refractivity contribution < 1.29 is 24.2 Å². The van der Waals surface area contributed by atoms with Crippen molar-refractivity contribution in [1.29, 1.82) is 0 Å². The van der Waals surface area contributed by atoms with Crippen molar-refractivity contribution in [3.05, 3.63) is 94.3 Å². The molecule has 186 valence electrons. The van der Waals surface area contributed by atoms with E-state index in [0.717, 1.165) is 5.56 Å². The van der Waals surface area contributed by atoms with Crippen LogP contribution >= 0.6 is 11.6 Å². The molecule has 0 saturated carbocycles. The van der Waals surface area contributed by atoms with Gasteiger partial charge < -0.3 is 19.5 Å². The Labute approximate surface area is 214 Å². The van der Waals surface area contributed by atoms with Gasteiger partial charge in [0.25, 0.3) is 11.7 Å². The Morgan fingerprint density at radius 2 is 1.94 bits per heavy atom. The number of carbonyl (C=O) groups excluding carboxylic acids is 2. The maximum Gasteiger partial charge on any atom is 0.295 e. The number of amides is 1. The summed E-state index contributed by atoms with van der Waals surface area (Å²) in [5.74, 6) is -0.631. The van der Waals surface area contributed by atoms with Crippen LogP contribution in [0.15, 0.2) is 72.6 Å². The Kier molecular flexibility index (Phi) is 7.60. The molecule has 7 nitrogen and oxygen atoms in total. The lowest BCUT2D eigenvalue weighted by Gasteiger charge is -2.26. The van der Waals surface area contributed by atoms with Crippen LogP contribution in [0.3, 0.4) is 0 Å². The van der Waals surface area contributed by atoms with Gasteiger partial charge in [0.2, 0.25) is 0 Å². The molecule has 1 amide bonds. The van der Waals surface area contributed by atoms with Gasteiger partial charge in [-0.2, -0.15) is 0 Å². The Hall–Kier alpha value is -3.84. The first kappa shape index (κ1) is 25.3. The highest BCUT2D eigenvalue weighted by atomic mass is 35.5. The minimum atomic E-state index is -0.864. The highest BCUT2D eigenvalue weighted by Gasteiger charge is 2.46. The van der Waals surface area contributed by atoms with Crippen LogP contribution in [0.25, 0.3) is 5.76 Å². The Morgan fingerprint density at radius 1 is 1.14 bits per heavy atom. The number of aromatic nitrogens is 1. The van der Waals surface area contributed by atoms with E-state index in [1.807, 2.05) is 26.0 Å². The summed E-state index contributed by atoms with van der Waals surface area (Å²) in [6.45, 7) is 4.73. The normalized spacial score (nSPS) is 17.0. The summed E-state index contributed by atoms with van der Waals surface area (Å²) in [6.07, 6.45) is 3.27. The minimum absolute atomic E-state index is 0.0505. The van der Waals surface area contributed by atoms with Crippen LogP contribution < -0.4 is 9.47 Å². The quantitative estimate of drug-likeness (QED) is 0.250. The third-order valence-corrected chi connectivity index (χ3v) is 6.02. The number of hydrogen-bond donors (Lipinski definition) is 1. The largest absolute Gasteiger partial charge is 0.507 e. The molecule has 1 fully saturated rings. The predicted molar refractivity (Wildman–Crippen MR) is 137 cm³/mol. The second-order valence-corrected chi connectivity index (χ2v) is 9.35. The van der Waals surface area contributed by atoms with Gasteiger partial charge in [0, 0.05) is 24.0 Å². The average Bonchev–Trinajstić information content (AvgIpc) is 3.12. The second kappa shape index (κ2) is 10.8. The highest BCUT2D eigenvalue weighted by molar-refractivity contribution is 6.46. The number of nitrogens with zero attached hydrogens (tertiary/aromatic N) is 2. The lowest BCUT2D eigenvalue weighted by atomic mass is 9.94. The molecule has 1 aromatic heterocycles. The average molecular weight is 507 g/mol. The minimum Gasteiger partial charge on any atom is -0.507 e. The zero-order valence-electron chi connectivity index (χ0n) is 20.3. The number of methoxy groups -OCH3 is 1. The molecule has 1 atom stereocenters. The van der Waals surface area contributed by atoms with Crippen LogP contribution in [0, 0.1) is 5.92 Å². The van der Waals surface area contributed by atoms with Crippen molar-refractivity contribution in [2.24, 2.45) is 5.92 Å². The van der Waals surface area contributed by atoms with Gasteiger partial charge in [0.05, 0.1) is 30.9 Å². The zero-order valence-corrected chi connectivity index (χ0v) is 21.0. The Balaban J connectivity index is 1.87. The lowest BCUT2D eigenvalue weighted by molar-refractivity contribution is -0.140. The summed E-state index contributed by atoms with van der Waals surface area (Å²) in [7, 11) is 1.45. The van der Waals surface area contributed by atoms with E-state index < -0.39 is 17.7 Å². The van der Waals surface area contributed by atoms with E-state index in [0.29, 0.717) is 34.6 Å². The summed E-state index contributed by atoms with van der Waals surface area (Å²) >= 11 is 6.19. The highest BCUT2D eigenvalue weighted by Crippen LogP contribution is 2.42. The number of rotatable bonds is 8. The maximum atomic E-state index is 13.4. The summed E-state index contributed by atoms with van der Waals surface area (Å²) < 4.78 is 11.3. The molecular formula is C28H27ClN2O5. The van der Waals surface area contributed by atoms with Crippen molar-refractivity contribution in [3.63, 3.8) is 0 Å². The standard InChI is InChI=1S/C28H27ClN2O5/c1-17(2)16-36-21-8-4-7-19(12-21)25-24(26(32)22-13-20(29)9-10-23(22)35-3)27(33)28(34)31(25)15-18-6-5-11-30-14-18/h4-14,17,25,32H,15-16H2,1-3H3/b26-24+. The Bertz CT molecular complexity index is 1310. The Morgan fingerprint density at radius 3 is 2.64 bits per heavy atom. The number of pyridine rings is 1. The number of aliphatic hydroxyl groups excluding tert-OH is 1. The number of likely N-dealkylation sites (tertiary alicyclic amines) is 1. The van der Waals surface area contributed by atoms with Gasteiger partial charge in [0.1, 0.15) is 17.3 Å². The molecule has 0 spiro atoms. The number of aliphatic hydroxyl groups is 1. The van der Waals surface area contributed by atoms with Crippen LogP contribution in [-0.2, 0) is 16.1 Å². The van der Waals surface area contributed by atoms with E-state index >= 15 is 0 Å². The van der Waals surface area contributed by atoms with Gasteiger partial charge in [-0.05, 0) is 53.4 Å². The van der Waals surface area contributed by atoms with Crippen molar-refractivity contribution in [3.8, 4) is 11.5 Å². The van der Waals surface area contributed by atoms with Gasteiger partial charge in [-0.25, -0.2) is 0 Å². The van der Waals surface area contributed by atoms with Crippen molar-refractivity contribution in [2.75, 3.05) is 13.7 Å². The fourth-order valence-electron chi connectivity index (χ4n) is 4.13. The first-order chi connectivity index (χ1) is 17.3. The second-order valence-electron chi connectivity index (χ2n) is 8.91. The molecule has 36 heavy (non-hydrogen) atoms. The number of Topliss-reactive ketones (excluding diaryl/α,β-unsaturated/α-hetero) is 1. The first-order valence-corrected chi connectivity index (χ1v) is 11.9. The van der Waals surface area contributed by atoms with E-state index in [4.69, 9.17) is 21.1 Å². The fraction of sp³-hybridized carbons (Fsp3) is 0.250. The zero-order chi connectivity index (χ0) is 25.8. The first-order valence-electron chi connectivity index (χ1n) is 11.5. The molecule has 1 aliphatic heterocycles. The molecule has 2 aromatic carbocycles. The van der Waals surface area contributed by atoms with E-state index in [-0.39, 0.29) is 23.4 Å². The topological polar surface area (TPSA) is 89.0 Å². The van der Waals surface area contributed by atoms with Gasteiger partial charge in [-0.3, -0.25) is 14.6 Å². The lowest BCUT2D eigenvalue weighted by Crippen LogP contribution is -2.29. The fourth-order valence-corrected chi connectivity index (χ4v) is 4.30. The van der Waals surface area contributed by atoms with Gasteiger partial charge in [-0.15, -0.1) is 0 Å². The summed E-state index contributed by atoms with van der Waals surface area (Å²) in [6, 6.07) is 14.6. The van der Waals surface area contributed by atoms with E-state index in [1.165, 1.54) is 18.1 Å². The number of benzene rings is 2. The predicted octanol–water partition coefficient (Wildman–Crippen LogP) is 5.40. The summed E-state index contributed by atoms with van der Waals surface area (Å²) in [4.78, 5) is 32.2. The molecule has 1 N–H and O–H groups in total. The third kappa shape index (κ3) is 5.21. The molecule has 2 heterocycles. The monoisotopic (exact) mass is 506 g/mol.